The second kappa shape index (κ2) is 17.2. The summed E-state index contributed by atoms with van der Waals surface area (Å²) in [6, 6.07) is 11.9. The lowest BCUT2D eigenvalue weighted by Crippen LogP contribution is -2.54. The SMILES string of the molecule is Cc1nc2n(n1)CC(=O)NCCN(C(=O)c1ccc3nc(C)c(C)nc3c1)CCCC(=O)N[C@@H](C)C(=O)N[C@H](Cc1ccccc1)C(=O)N[C@H]2C(C)C. The van der Waals surface area contributed by atoms with E-state index in [4.69, 9.17) is 0 Å². The Balaban J connectivity index is 1.41. The largest absolute Gasteiger partial charge is 0.353 e. The molecule has 0 saturated heterocycles. The zero-order valence-electron chi connectivity index (χ0n) is 31.1. The Morgan fingerprint density at radius 3 is 2.28 bits per heavy atom. The van der Waals surface area contributed by atoms with Crippen molar-refractivity contribution in [2.45, 2.75) is 85.5 Å². The number of aryl methyl sites for hydroxylation is 3. The van der Waals surface area contributed by atoms with Gasteiger partial charge in [-0.2, -0.15) is 5.10 Å². The number of amides is 5. The van der Waals surface area contributed by atoms with Crippen molar-refractivity contribution in [1.29, 1.82) is 0 Å². The highest BCUT2D eigenvalue weighted by molar-refractivity contribution is 5.97. The molecular weight excluding hydrogens is 676 g/mol. The standard InChI is InChI=1S/C38H48N10O5/c1-22(2)34-35-43-26(6)46-48(35)21-33(50)39-16-18-47(38(53)28-14-15-29-30(20-28)41-24(4)23(3)40-29)17-10-13-32(49)42-25(5)36(51)44-31(37(52)45-34)19-27-11-8-7-9-12-27/h7-9,11-12,14-15,20,22,25,31,34H,10,13,16-19,21H2,1-6H3,(H,39,50)(H,42,49)(H,44,51)(H,45,52)/t25-,31+,34-/m0/s1. The number of nitrogens with zero attached hydrogens (tertiary/aromatic N) is 6. The van der Waals surface area contributed by atoms with Gasteiger partial charge in [-0.15, -0.1) is 0 Å². The van der Waals surface area contributed by atoms with Crippen molar-refractivity contribution in [3.05, 3.63) is 82.7 Å². The van der Waals surface area contributed by atoms with E-state index in [9.17, 15) is 24.0 Å². The smallest absolute Gasteiger partial charge is 0.253 e. The van der Waals surface area contributed by atoms with E-state index in [1.807, 2.05) is 58.0 Å². The molecule has 1 aliphatic rings. The molecule has 3 atom stereocenters. The maximum absolute atomic E-state index is 13.9. The first-order valence-corrected chi connectivity index (χ1v) is 18.0. The zero-order valence-corrected chi connectivity index (χ0v) is 31.1. The van der Waals surface area contributed by atoms with Crippen molar-refractivity contribution in [2.75, 3.05) is 19.6 Å². The minimum atomic E-state index is -0.981. The number of carbonyl (C=O) groups excluding carboxylic acids is 5. The highest BCUT2D eigenvalue weighted by Crippen LogP contribution is 2.21. The lowest BCUT2D eigenvalue weighted by Gasteiger charge is -2.27. The van der Waals surface area contributed by atoms with E-state index in [0.717, 1.165) is 17.0 Å². The van der Waals surface area contributed by atoms with Crippen LogP contribution in [0.3, 0.4) is 0 Å². The molecule has 0 radical (unpaired) electrons. The van der Waals surface area contributed by atoms with Crippen LogP contribution >= 0.6 is 0 Å². The summed E-state index contributed by atoms with van der Waals surface area (Å²) in [6.45, 7) is 11.2. The van der Waals surface area contributed by atoms with E-state index >= 15 is 0 Å². The third-order valence-corrected chi connectivity index (χ3v) is 9.17. The predicted octanol–water partition coefficient (Wildman–Crippen LogP) is 2.24. The zero-order chi connectivity index (χ0) is 38.2. The van der Waals surface area contributed by atoms with Gasteiger partial charge in [0.25, 0.3) is 5.91 Å². The monoisotopic (exact) mass is 724 g/mol. The average molecular weight is 725 g/mol. The molecule has 0 aliphatic carbocycles. The average Bonchev–Trinajstić information content (AvgIpc) is 3.47. The van der Waals surface area contributed by atoms with Crippen LogP contribution in [-0.2, 0) is 32.1 Å². The quantitative estimate of drug-likeness (QED) is 0.244. The van der Waals surface area contributed by atoms with Crippen LogP contribution in [0.5, 0.6) is 0 Å². The number of rotatable bonds is 4. The van der Waals surface area contributed by atoms with Gasteiger partial charge in [-0.05, 0) is 63.8 Å². The van der Waals surface area contributed by atoms with E-state index in [1.54, 1.807) is 36.9 Å². The summed E-state index contributed by atoms with van der Waals surface area (Å²) in [5.74, 6) is -1.35. The Labute approximate surface area is 308 Å². The minimum Gasteiger partial charge on any atom is -0.353 e. The molecule has 15 nitrogen and oxygen atoms in total. The third kappa shape index (κ3) is 9.99. The summed E-state index contributed by atoms with van der Waals surface area (Å²) in [7, 11) is 0. The predicted molar refractivity (Wildman–Crippen MR) is 197 cm³/mol. The molecule has 0 spiro atoms. The fourth-order valence-corrected chi connectivity index (χ4v) is 6.15. The summed E-state index contributed by atoms with van der Waals surface area (Å²) in [6.07, 6.45) is 0.529. The van der Waals surface area contributed by atoms with E-state index in [2.05, 4.69) is 41.3 Å². The Morgan fingerprint density at radius 1 is 0.849 bits per heavy atom. The van der Waals surface area contributed by atoms with Crippen molar-refractivity contribution in [3.8, 4) is 0 Å². The Bertz CT molecular complexity index is 1980. The Hall–Kier alpha value is -5.73. The van der Waals surface area contributed by atoms with Gasteiger partial charge in [0.05, 0.1) is 28.5 Å². The van der Waals surface area contributed by atoms with Crippen LogP contribution in [0, 0.1) is 26.7 Å². The molecule has 1 aliphatic heterocycles. The van der Waals surface area contributed by atoms with Gasteiger partial charge >= 0.3 is 0 Å². The number of hydrogen-bond donors (Lipinski definition) is 4. The molecular formula is C38H48N10O5. The van der Waals surface area contributed by atoms with Gasteiger partial charge in [0.1, 0.15) is 24.5 Å². The molecule has 5 amide bonds. The van der Waals surface area contributed by atoms with E-state index < -0.39 is 29.9 Å². The second-order valence-corrected chi connectivity index (χ2v) is 13.8. The number of carbonyl (C=O) groups is 5. The van der Waals surface area contributed by atoms with Crippen LogP contribution in [0.15, 0.2) is 48.5 Å². The molecule has 2 aromatic heterocycles. The van der Waals surface area contributed by atoms with Gasteiger partial charge in [-0.25, -0.2) is 19.6 Å². The van der Waals surface area contributed by atoms with Gasteiger partial charge in [-0.1, -0.05) is 44.2 Å². The molecule has 3 heterocycles. The van der Waals surface area contributed by atoms with Gasteiger partial charge in [0.15, 0.2) is 5.82 Å². The van der Waals surface area contributed by atoms with Crippen LogP contribution in [0.25, 0.3) is 11.0 Å². The van der Waals surface area contributed by atoms with Crippen molar-refractivity contribution < 1.29 is 24.0 Å². The Morgan fingerprint density at radius 2 is 1.57 bits per heavy atom. The summed E-state index contributed by atoms with van der Waals surface area (Å²) >= 11 is 0. The van der Waals surface area contributed by atoms with Gasteiger partial charge in [0.2, 0.25) is 23.6 Å². The maximum Gasteiger partial charge on any atom is 0.253 e. The first kappa shape index (κ1) is 38.5. The second-order valence-electron chi connectivity index (χ2n) is 13.8. The highest BCUT2D eigenvalue weighted by atomic mass is 16.2. The van der Waals surface area contributed by atoms with Crippen molar-refractivity contribution in [3.63, 3.8) is 0 Å². The van der Waals surface area contributed by atoms with E-state index in [0.29, 0.717) is 34.7 Å². The van der Waals surface area contributed by atoms with Gasteiger partial charge in [0, 0.05) is 38.0 Å². The molecule has 53 heavy (non-hydrogen) atoms. The third-order valence-electron chi connectivity index (χ3n) is 9.17. The van der Waals surface area contributed by atoms with Crippen LogP contribution in [0.4, 0.5) is 0 Å². The first-order valence-electron chi connectivity index (χ1n) is 18.0. The molecule has 0 fully saturated rings. The number of fused-ring (bicyclic) bond motifs is 2. The molecule has 4 N–H and O–H groups in total. The topological polar surface area (TPSA) is 193 Å². The molecule has 2 aromatic carbocycles. The molecule has 280 valence electrons. The normalized spacial score (nSPS) is 19.9. The number of aromatic nitrogens is 5. The molecule has 0 bridgehead atoms. The fourth-order valence-electron chi connectivity index (χ4n) is 6.15. The molecule has 0 saturated carbocycles. The van der Waals surface area contributed by atoms with Gasteiger partial charge in [-0.3, -0.25) is 24.0 Å². The van der Waals surface area contributed by atoms with Crippen molar-refractivity contribution in [2.24, 2.45) is 5.92 Å². The summed E-state index contributed by atoms with van der Waals surface area (Å²) in [5, 5.41) is 15.9. The van der Waals surface area contributed by atoms with Gasteiger partial charge < -0.3 is 26.2 Å². The lowest BCUT2D eigenvalue weighted by atomic mass is 10.0. The highest BCUT2D eigenvalue weighted by Gasteiger charge is 2.31. The van der Waals surface area contributed by atoms with Crippen LogP contribution in [-0.4, -0.2) is 90.9 Å². The summed E-state index contributed by atoms with van der Waals surface area (Å²) < 4.78 is 1.47. The minimum absolute atomic E-state index is 0.0356. The van der Waals surface area contributed by atoms with Crippen LogP contribution in [0.2, 0.25) is 0 Å². The Kier molecular flexibility index (Phi) is 12.5. The first-order chi connectivity index (χ1) is 25.3. The number of benzene rings is 2. The lowest BCUT2D eigenvalue weighted by molar-refractivity contribution is -0.132. The van der Waals surface area contributed by atoms with Crippen molar-refractivity contribution >= 4 is 40.6 Å². The van der Waals surface area contributed by atoms with Crippen LogP contribution < -0.4 is 21.3 Å². The number of nitrogens with one attached hydrogen (secondary N) is 4. The molecule has 0 unspecified atom stereocenters. The van der Waals surface area contributed by atoms with E-state index in [1.165, 1.54) is 4.68 Å². The summed E-state index contributed by atoms with van der Waals surface area (Å²) in [4.78, 5) is 82.8. The molecule has 15 heteroatoms. The molecule has 5 rings (SSSR count). The molecule has 4 aromatic rings. The maximum atomic E-state index is 13.9. The van der Waals surface area contributed by atoms with E-state index in [-0.39, 0.29) is 62.7 Å². The number of hydrogen-bond acceptors (Lipinski definition) is 9. The summed E-state index contributed by atoms with van der Waals surface area (Å²) in [5.41, 5.74) is 4.07. The van der Waals surface area contributed by atoms with Crippen molar-refractivity contribution in [1.82, 2.24) is 50.9 Å². The fraction of sp³-hybridized carbons (Fsp3) is 0.447. The van der Waals surface area contributed by atoms with Crippen LogP contribution in [0.1, 0.15) is 78.6 Å².